The highest BCUT2D eigenvalue weighted by Gasteiger charge is 2.25. The summed E-state index contributed by atoms with van der Waals surface area (Å²) in [6, 6.07) is 13.1. The molecule has 3 aromatic rings. The third kappa shape index (κ3) is 4.44. The van der Waals surface area contributed by atoms with Gasteiger partial charge in [0.1, 0.15) is 11.6 Å². The Kier molecular flexibility index (Phi) is 5.72. The van der Waals surface area contributed by atoms with Crippen LogP contribution in [0.4, 0.5) is 11.4 Å². The zero-order valence-corrected chi connectivity index (χ0v) is 15.6. The molecule has 27 heavy (non-hydrogen) atoms. The number of nitrogens with one attached hydrogen (secondary N) is 1. The highest BCUT2D eigenvalue weighted by Crippen LogP contribution is 2.36. The number of amides is 1. The largest absolute Gasteiger partial charge is 0.323 e. The van der Waals surface area contributed by atoms with Crippen molar-refractivity contribution in [2.75, 3.05) is 5.32 Å². The van der Waals surface area contributed by atoms with Crippen LogP contribution in [0.3, 0.4) is 0 Å². The molecule has 1 heterocycles. The molecule has 8 nitrogen and oxygen atoms in total. The van der Waals surface area contributed by atoms with Gasteiger partial charge in [0.05, 0.1) is 15.6 Å². The Morgan fingerprint density at radius 3 is 2.63 bits per heavy atom. The smallest absolute Gasteiger partial charge is 0.271 e. The Morgan fingerprint density at radius 1 is 1.30 bits per heavy atom. The molecule has 0 spiro atoms. The van der Waals surface area contributed by atoms with Gasteiger partial charge < -0.3 is 9.88 Å². The summed E-state index contributed by atoms with van der Waals surface area (Å²) in [5.74, 6) is -0.329. The van der Waals surface area contributed by atoms with Crippen LogP contribution in [0.2, 0.25) is 5.02 Å². The van der Waals surface area contributed by atoms with Gasteiger partial charge in [-0.2, -0.15) is 0 Å². The summed E-state index contributed by atoms with van der Waals surface area (Å²) >= 11 is 7.33. The summed E-state index contributed by atoms with van der Waals surface area (Å²) in [6.07, 6.45) is 1.55. The molecule has 1 amide bonds. The first-order chi connectivity index (χ1) is 13.0. The number of carbonyl (C=O) groups is 1. The van der Waals surface area contributed by atoms with E-state index in [1.807, 2.05) is 30.3 Å². The average Bonchev–Trinajstić information content (AvgIpc) is 3.06. The minimum atomic E-state index is -0.611. The van der Waals surface area contributed by atoms with E-state index in [1.54, 1.807) is 17.9 Å². The maximum absolute atomic E-state index is 12.9. The highest BCUT2D eigenvalue weighted by atomic mass is 35.5. The van der Waals surface area contributed by atoms with Crippen molar-refractivity contribution in [1.29, 1.82) is 0 Å². The second-order valence-electron chi connectivity index (χ2n) is 5.54. The zero-order chi connectivity index (χ0) is 19.4. The number of aromatic nitrogens is 3. The van der Waals surface area contributed by atoms with Gasteiger partial charge in [0, 0.05) is 19.2 Å². The van der Waals surface area contributed by atoms with E-state index < -0.39 is 10.2 Å². The molecule has 0 bridgehead atoms. The van der Waals surface area contributed by atoms with Crippen LogP contribution in [0.15, 0.2) is 60.0 Å². The molecule has 3 rings (SSSR count). The van der Waals surface area contributed by atoms with Crippen molar-refractivity contribution in [2.24, 2.45) is 7.05 Å². The van der Waals surface area contributed by atoms with E-state index >= 15 is 0 Å². The third-order valence-corrected chi connectivity index (χ3v) is 5.27. The molecule has 1 atom stereocenters. The maximum atomic E-state index is 12.9. The summed E-state index contributed by atoms with van der Waals surface area (Å²) in [5, 5.41) is 21.5. The number of hydrogen-bond donors (Lipinski definition) is 1. The zero-order valence-electron chi connectivity index (χ0n) is 14.1. The lowest BCUT2D eigenvalue weighted by Gasteiger charge is -2.17. The van der Waals surface area contributed by atoms with Crippen molar-refractivity contribution in [3.8, 4) is 0 Å². The molecule has 138 valence electrons. The van der Waals surface area contributed by atoms with E-state index in [4.69, 9.17) is 11.6 Å². The Balaban J connectivity index is 1.87. The Labute approximate surface area is 163 Å². The van der Waals surface area contributed by atoms with Gasteiger partial charge in [0.2, 0.25) is 5.91 Å². The van der Waals surface area contributed by atoms with Gasteiger partial charge >= 0.3 is 0 Å². The molecular formula is C17H14ClN5O3S. The second kappa shape index (κ2) is 8.19. The number of nitrogens with zero attached hydrogens (tertiary/aromatic N) is 4. The molecule has 0 aliphatic heterocycles. The van der Waals surface area contributed by atoms with E-state index in [0.717, 1.165) is 5.56 Å². The van der Waals surface area contributed by atoms with Gasteiger partial charge in [-0.15, -0.1) is 10.2 Å². The van der Waals surface area contributed by atoms with Crippen LogP contribution in [0.5, 0.6) is 0 Å². The van der Waals surface area contributed by atoms with E-state index in [2.05, 4.69) is 15.5 Å². The molecule has 10 heteroatoms. The van der Waals surface area contributed by atoms with Crippen molar-refractivity contribution in [3.63, 3.8) is 0 Å². The predicted octanol–water partition coefficient (Wildman–Crippen LogP) is 3.85. The van der Waals surface area contributed by atoms with Gasteiger partial charge in [-0.05, 0) is 11.6 Å². The van der Waals surface area contributed by atoms with E-state index in [-0.39, 0.29) is 16.6 Å². The fourth-order valence-corrected chi connectivity index (χ4v) is 3.50. The molecule has 0 aliphatic rings. The normalized spacial score (nSPS) is 11.8. The first-order valence-electron chi connectivity index (χ1n) is 7.76. The van der Waals surface area contributed by atoms with Crippen LogP contribution in [-0.2, 0) is 11.8 Å². The van der Waals surface area contributed by atoms with Crippen LogP contribution in [-0.4, -0.2) is 25.6 Å². The number of nitro groups is 1. The number of benzene rings is 2. The van der Waals surface area contributed by atoms with Crippen molar-refractivity contribution >= 4 is 40.6 Å². The second-order valence-corrected chi connectivity index (χ2v) is 7.02. The SMILES string of the molecule is Cn1cnnc1S[C@H](C(=O)Nc1ccc([N+](=O)[O-])cc1Cl)c1ccccc1. The molecule has 1 N–H and O–H groups in total. The lowest BCUT2D eigenvalue weighted by atomic mass is 10.1. The number of carbonyl (C=O) groups excluding carboxylic acids is 1. The molecule has 0 aliphatic carbocycles. The van der Waals surface area contributed by atoms with E-state index in [0.29, 0.717) is 10.8 Å². The topological polar surface area (TPSA) is 103 Å². The van der Waals surface area contributed by atoms with Crippen LogP contribution in [0.25, 0.3) is 0 Å². The minimum absolute atomic E-state index is 0.0908. The first-order valence-corrected chi connectivity index (χ1v) is 9.02. The number of rotatable bonds is 6. The fraction of sp³-hybridized carbons (Fsp3) is 0.118. The molecule has 0 unspecified atom stereocenters. The molecule has 0 radical (unpaired) electrons. The number of nitro benzene ring substituents is 1. The Bertz CT molecular complexity index is 980. The number of non-ortho nitro benzene ring substituents is 1. The third-order valence-electron chi connectivity index (χ3n) is 3.65. The maximum Gasteiger partial charge on any atom is 0.271 e. The summed E-state index contributed by atoms with van der Waals surface area (Å²) in [4.78, 5) is 23.2. The van der Waals surface area contributed by atoms with Crippen molar-refractivity contribution in [2.45, 2.75) is 10.4 Å². The van der Waals surface area contributed by atoms with E-state index in [9.17, 15) is 14.9 Å². The average molecular weight is 404 g/mol. The number of aryl methyl sites for hydroxylation is 1. The predicted molar refractivity (Wildman–Crippen MR) is 103 cm³/mol. The lowest BCUT2D eigenvalue weighted by Crippen LogP contribution is -2.19. The molecule has 0 saturated carbocycles. The van der Waals surface area contributed by atoms with Crippen LogP contribution < -0.4 is 5.32 Å². The summed E-state index contributed by atoms with van der Waals surface area (Å²) in [7, 11) is 1.79. The highest BCUT2D eigenvalue weighted by molar-refractivity contribution is 8.00. The monoisotopic (exact) mass is 403 g/mol. The number of anilines is 1. The number of thioether (sulfide) groups is 1. The number of halogens is 1. The standard InChI is InChI=1S/C17H14ClN5O3S/c1-22-10-19-21-17(22)27-15(11-5-3-2-4-6-11)16(24)20-14-8-7-12(23(25)26)9-13(14)18/h2-10,15H,1H3,(H,20,24)/t15-/m0/s1. The van der Waals surface area contributed by atoms with Crippen molar-refractivity contribution in [1.82, 2.24) is 14.8 Å². The fourth-order valence-electron chi connectivity index (χ4n) is 2.30. The molecular weight excluding hydrogens is 390 g/mol. The minimum Gasteiger partial charge on any atom is -0.323 e. The van der Waals surface area contributed by atoms with Crippen LogP contribution in [0.1, 0.15) is 10.8 Å². The van der Waals surface area contributed by atoms with E-state index in [1.165, 1.54) is 30.0 Å². The van der Waals surface area contributed by atoms with Crippen molar-refractivity contribution < 1.29 is 9.72 Å². The van der Waals surface area contributed by atoms with Gasteiger partial charge in [-0.25, -0.2) is 0 Å². The Morgan fingerprint density at radius 2 is 2.04 bits per heavy atom. The molecule has 0 fully saturated rings. The van der Waals surface area contributed by atoms with Crippen molar-refractivity contribution in [3.05, 3.63) is 75.6 Å². The van der Waals surface area contributed by atoms with Gasteiger partial charge in [-0.1, -0.05) is 53.7 Å². The van der Waals surface area contributed by atoms with Gasteiger partial charge in [-0.3, -0.25) is 14.9 Å². The first kappa shape index (κ1) is 18.9. The summed E-state index contributed by atoms with van der Waals surface area (Å²) in [6.45, 7) is 0. The number of hydrogen-bond acceptors (Lipinski definition) is 6. The molecule has 2 aromatic carbocycles. The quantitative estimate of drug-likeness (QED) is 0.381. The lowest BCUT2D eigenvalue weighted by molar-refractivity contribution is -0.384. The van der Waals surface area contributed by atoms with Crippen LogP contribution >= 0.6 is 23.4 Å². The summed E-state index contributed by atoms with van der Waals surface area (Å²) in [5.41, 5.74) is 0.930. The Hall–Kier alpha value is -2.91. The summed E-state index contributed by atoms with van der Waals surface area (Å²) < 4.78 is 1.72. The van der Waals surface area contributed by atoms with Gasteiger partial charge in [0.15, 0.2) is 5.16 Å². The van der Waals surface area contributed by atoms with Gasteiger partial charge in [0.25, 0.3) is 5.69 Å². The van der Waals surface area contributed by atoms with Crippen LogP contribution in [0, 0.1) is 10.1 Å². The molecule has 0 saturated heterocycles. The molecule has 1 aromatic heterocycles.